The van der Waals surface area contributed by atoms with Crippen LogP contribution in [0.2, 0.25) is 0 Å². The van der Waals surface area contributed by atoms with Gasteiger partial charge in [0, 0.05) is 5.69 Å². The average Bonchev–Trinajstić information content (AvgIpc) is 3.05. The Morgan fingerprint density at radius 2 is 1.77 bits per heavy atom. The summed E-state index contributed by atoms with van der Waals surface area (Å²) >= 11 is 2.45. The van der Waals surface area contributed by atoms with Gasteiger partial charge in [0.2, 0.25) is 11.0 Å². The van der Waals surface area contributed by atoms with Crippen LogP contribution in [0.3, 0.4) is 0 Å². The summed E-state index contributed by atoms with van der Waals surface area (Å²) in [5, 5.41) is 13.4. The van der Waals surface area contributed by atoms with E-state index in [-0.39, 0.29) is 0 Å². The minimum absolute atomic E-state index is 0.450. The van der Waals surface area contributed by atoms with Crippen LogP contribution >= 0.6 is 23.1 Å². The fraction of sp³-hybridized carbons (Fsp3) is 0.118. The molecule has 0 saturated carbocycles. The lowest BCUT2D eigenvalue weighted by molar-refractivity contribution is -0.115. The fourth-order valence-corrected chi connectivity index (χ4v) is 3.92. The molecule has 0 aliphatic carbocycles. The number of nitrogens with one attached hydrogen (secondary N) is 2. The molecule has 0 aliphatic rings. The number of amides is 1. The molecule has 1 amide bonds. The number of thioether (sulfide) groups is 1. The van der Waals surface area contributed by atoms with Gasteiger partial charge in [0.1, 0.15) is 17.3 Å². The Balaban J connectivity index is 1.61. The van der Waals surface area contributed by atoms with E-state index in [9.17, 15) is 13.6 Å². The number of nitrogens with zero attached hydrogens (tertiary/aromatic N) is 2. The van der Waals surface area contributed by atoms with Gasteiger partial charge in [0.25, 0.3) is 0 Å². The summed E-state index contributed by atoms with van der Waals surface area (Å²) in [5.74, 6) is -2.16. The number of rotatable bonds is 6. The van der Waals surface area contributed by atoms with Crippen molar-refractivity contribution in [2.75, 3.05) is 10.6 Å². The molecule has 0 unspecified atom stereocenters. The van der Waals surface area contributed by atoms with E-state index in [2.05, 4.69) is 20.8 Å². The Labute approximate surface area is 156 Å². The highest BCUT2D eigenvalue weighted by atomic mass is 32.2. The second-order valence-corrected chi connectivity index (χ2v) is 7.78. The molecule has 134 valence electrons. The molecule has 0 aliphatic heterocycles. The van der Waals surface area contributed by atoms with Crippen molar-refractivity contribution in [3.63, 3.8) is 0 Å². The molecule has 1 heterocycles. The van der Waals surface area contributed by atoms with E-state index in [0.717, 1.165) is 29.6 Å². The van der Waals surface area contributed by atoms with Gasteiger partial charge in [0.05, 0.1) is 5.25 Å². The molecule has 5 nitrogen and oxygen atoms in total. The van der Waals surface area contributed by atoms with E-state index in [1.807, 2.05) is 30.3 Å². The number of para-hydroxylation sites is 2. The Kier molecular flexibility index (Phi) is 5.79. The van der Waals surface area contributed by atoms with Gasteiger partial charge in [-0.25, -0.2) is 8.78 Å². The van der Waals surface area contributed by atoms with Crippen molar-refractivity contribution >= 4 is 45.5 Å². The normalized spacial score (nSPS) is 11.8. The molecule has 0 fully saturated rings. The maximum atomic E-state index is 13.6. The van der Waals surface area contributed by atoms with Crippen molar-refractivity contribution in [1.82, 2.24) is 10.2 Å². The Morgan fingerprint density at radius 1 is 1.08 bits per heavy atom. The van der Waals surface area contributed by atoms with Gasteiger partial charge in [-0.15, -0.1) is 10.2 Å². The van der Waals surface area contributed by atoms with E-state index < -0.39 is 28.5 Å². The number of aromatic nitrogens is 2. The zero-order valence-electron chi connectivity index (χ0n) is 13.6. The van der Waals surface area contributed by atoms with Crippen molar-refractivity contribution in [2.24, 2.45) is 0 Å². The summed E-state index contributed by atoms with van der Waals surface area (Å²) in [5.41, 5.74) is 0.426. The largest absolute Gasteiger partial charge is 0.330 e. The zero-order chi connectivity index (χ0) is 18.5. The van der Waals surface area contributed by atoms with Crippen LogP contribution < -0.4 is 10.6 Å². The van der Waals surface area contributed by atoms with Crippen LogP contribution in [0.5, 0.6) is 0 Å². The third-order valence-corrected chi connectivity index (χ3v) is 5.31. The smallest absolute Gasteiger partial charge is 0.237 e. The highest BCUT2D eigenvalue weighted by molar-refractivity contribution is 8.02. The van der Waals surface area contributed by atoms with E-state index in [1.54, 1.807) is 6.92 Å². The van der Waals surface area contributed by atoms with E-state index in [1.165, 1.54) is 17.4 Å². The number of hydrogen-bond acceptors (Lipinski definition) is 6. The van der Waals surface area contributed by atoms with Crippen molar-refractivity contribution < 1.29 is 13.6 Å². The molecule has 3 aromatic rings. The number of carbonyl (C=O) groups excluding carboxylic acids is 1. The number of benzene rings is 2. The molecular weight excluding hydrogens is 378 g/mol. The maximum Gasteiger partial charge on any atom is 0.237 e. The van der Waals surface area contributed by atoms with Crippen molar-refractivity contribution in [3.8, 4) is 0 Å². The first-order valence-corrected chi connectivity index (χ1v) is 9.29. The Hall–Kier alpha value is -2.52. The second kappa shape index (κ2) is 8.24. The molecule has 0 saturated heterocycles. The van der Waals surface area contributed by atoms with E-state index in [4.69, 9.17) is 0 Å². The van der Waals surface area contributed by atoms with Gasteiger partial charge in [-0.2, -0.15) is 0 Å². The third kappa shape index (κ3) is 4.55. The van der Waals surface area contributed by atoms with Crippen LogP contribution in [0, 0.1) is 11.6 Å². The lowest BCUT2D eigenvalue weighted by atomic mass is 10.3. The lowest BCUT2D eigenvalue weighted by Crippen LogP contribution is -2.23. The predicted molar refractivity (Wildman–Crippen MR) is 99.9 cm³/mol. The molecule has 9 heteroatoms. The topological polar surface area (TPSA) is 66.9 Å². The van der Waals surface area contributed by atoms with Crippen LogP contribution in [0.25, 0.3) is 0 Å². The summed E-state index contributed by atoms with van der Waals surface area (Å²) in [6.45, 7) is 1.63. The maximum absolute atomic E-state index is 13.6. The van der Waals surface area contributed by atoms with Crippen LogP contribution in [-0.2, 0) is 4.79 Å². The average molecular weight is 392 g/mol. The van der Waals surface area contributed by atoms with E-state index >= 15 is 0 Å². The van der Waals surface area contributed by atoms with Crippen LogP contribution in [0.4, 0.5) is 25.3 Å². The zero-order valence-corrected chi connectivity index (χ0v) is 15.2. The van der Waals surface area contributed by atoms with Crippen molar-refractivity contribution in [1.29, 1.82) is 0 Å². The fourth-order valence-electron chi connectivity index (χ4n) is 2.00. The minimum Gasteiger partial charge on any atom is -0.330 e. The van der Waals surface area contributed by atoms with Gasteiger partial charge in [0.15, 0.2) is 4.34 Å². The summed E-state index contributed by atoms with van der Waals surface area (Å²) in [6, 6.07) is 12.9. The molecule has 3 rings (SSSR count). The molecule has 26 heavy (non-hydrogen) atoms. The van der Waals surface area contributed by atoms with Crippen LogP contribution in [0.1, 0.15) is 6.92 Å². The quantitative estimate of drug-likeness (QED) is 0.596. The molecule has 0 radical (unpaired) electrons. The molecule has 1 aromatic heterocycles. The van der Waals surface area contributed by atoms with Crippen LogP contribution in [0.15, 0.2) is 52.9 Å². The monoisotopic (exact) mass is 392 g/mol. The second-order valence-electron chi connectivity index (χ2n) is 5.21. The summed E-state index contributed by atoms with van der Waals surface area (Å²) in [4.78, 5) is 12.2. The first-order chi connectivity index (χ1) is 12.5. The molecule has 0 spiro atoms. The number of hydrogen-bond donors (Lipinski definition) is 2. The van der Waals surface area contributed by atoms with Crippen LogP contribution in [-0.4, -0.2) is 21.4 Å². The highest BCUT2D eigenvalue weighted by Crippen LogP contribution is 2.31. The minimum atomic E-state index is -0.819. The van der Waals surface area contributed by atoms with Gasteiger partial charge in [-0.3, -0.25) is 4.79 Å². The number of anilines is 3. The van der Waals surface area contributed by atoms with Gasteiger partial charge < -0.3 is 10.6 Å². The molecule has 2 aromatic carbocycles. The first-order valence-electron chi connectivity index (χ1n) is 7.60. The van der Waals surface area contributed by atoms with Gasteiger partial charge in [-0.05, 0) is 31.2 Å². The molecule has 2 N–H and O–H groups in total. The summed E-state index contributed by atoms with van der Waals surface area (Å²) < 4.78 is 27.8. The molecule has 1 atom stereocenters. The third-order valence-electron chi connectivity index (χ3n) is 3.29. The standard InChI is InChI=1S/C17H14F2N4OS2/c1-10(15(24)21-14-12(18)8-5-9-13(14)19)25-17-23-22-16(26-17)20-11-6-3-2-4-7-11/h2-10H,1H3,(H,20,22)(H,21,24)/t10-/m0/s1. The summed E-state index contributed by atoms with van der Waals surface area (Å²) in [7, 11) is 0. The van der Waals surface area contributed by atoms with Gasteiger partial charge >= 0.3 is 0 Å². The lowest BCUT2D eigenvalue weighted by Gasteiger charge is -2.11. The molecule has 0 bridgehead atoms. The van der Waals surface area contributed by atoms with Crippen molar-refractivity contribution in [3.05, 3.63) is 60.2 Å². The predicted octanol–water partition coefficient (Wildman–Crippen LogP) is 4.68. The Bertz CT molecular complexity index is 885. The SMILES string of the molecule is C[C@H](Sc1nnc(Nc2ccccc2)s1)C(=O)Nc1c(F)cccc1F. The highest BCUT2D eigenvalue weighted by Gasteiger charge is 2.20. The molecular formula is C17H14F2N4OS2. The van der Waals surface area contributed by atoms with Crippen molar-refractivity contribution in [2.45, 2.75) is 16.5 Å². The van der Waals surface area contributed by atoms with E-state index in [0.29, 0.717) is 9.47 Å². The number of halogens is 2. The first kappa shape index (κ1) is 18.3. The Morgan fingerprint density at radius 3 is 2.46 bits per heavy atom. The number of carbonyl (C=O) groups is 1. The summed E-state index contributed by atoms with van der Waals surface area (Å²) in [6.07, 6.45) is 0. The van der Waals surface area contributed by atoms with Gasteiger partial charge in [-0.1, -0.05) is 47.4 Å².